The van der Waals surface area contributed by atoms with E-state index in [9.17, 15) is 5.11 Å². The number of hydrogen-bond donors (Lipinski definition) is 2. The minimum Gasteiger partial charge on any atom is -0.398 e. The van der Waals surface area contributed by atoms with Crippen molar-refractivity contribution in [3.05, 3.63) is 23.2 Å². The van der Waals surface area contributed by atoms with Crippen molar-refractivity contribution >= 4 is 29.1 Å². The summed E-state index contributed by atoms with van der Waals surface area (Å²) in [6.45, 7) is 1.95. The fourth-order valence-corrected chi connectivity index (χ4v) is 2.23. The maximum absolute atomic E-state index is 9.38. The number of hydrogen-bond acceptors (Lipinski definition) is 3. The van der Waals surface area contributed by atoms with E-state index in [0.717, 1.165) is 11.3 Å². The van der Waals surface area contributed by atoms with Crippen LogP contribution in [0, 0.1) is 0 Å². The van der Waals surface area contributed by atoms with Gasteiger partial charge in [-0.15, -0.1) is 11.8 Å². The summed E-state index contributed by atoms with van der Waals surface area (Å²) >= 11 is 7.37. The zero-order valence-electron chi connectivity index (χ0n) is 8.03. The number of halogens is 1. The Morgan fingerprint density at radius 2 is 2.29 bits per heavy atom. The van der Waals surface area contributed by atoms with Gasteiger partial charge < -0.3 is 10.8 Å². The number of nitrogen functional groups attached to an aromatic ring is 1. The van der Waals surface area contributed by atoms with E-state index in [0.29, 0.717) is 16.5 Å². The number of aliphatic hydroxyl groups is 1. The van der Waals surface area contributed by atoms with E-state index < -0.39 is 0 Å². The topological polar surface area (TPSA) is 46.2 Å². The third-order valence-electron chi connectivity index (χ3n) is 1.88. The van der Waals surface area contributed by atoms with Crippen LogP contribution in [0.25, 0.3) is 0 Å². The molecule has 3 N–H and O–H groups in total. The molecule has 4 heteroatoms. The minimum absolute atomic E-state index is 0.279. The molecule has 2 nitrogen and oxygen atoms in total. The van der Waals surface area contributed by atoms with E-state index in [-0.39, 0.29) is 6.10 Å². The second-order valence-corrected chi connectivity index (χ2v) is 4.55. The molecule has 0 aliphatic carbocycles. The highest BCUT2D eigenvalue weighted by atomic mass is 35.5. The fourth-order valence-electron chi connectivity index (χ4n) is 0.937. The summed E-state index contributed by atoms with van der Waals surface area (Å²) in [5.74, 6) is 0.654. The Kier molecular flexibility index (Phi) is 4.58. The molecule has 0 saturated carbocycles. The smallest absolute Gasteiger partial charge is 0.0631 e. The second-order valence-electron chi connectivity index (χ2n) is 3.06. The Morgan fingerprint density at radius 1 is 1.57 bits per heavy atom. The Bertz CT molecular complexity index is 306. The molecule has 14 heavy (non-hydrogen) atoms. The van der Waals surface area contributed by atoms with Gasteiger partial charge in [-0.3, -0.25) is 0 Å². The van der Waals surface area contributed by atoms with E-state index in [1.165, 1.54) is 11.8 Å². The van der Waals surface area contributed by atoms with Crippen molar-refractivity contribution in [2.75, 3.05) is 11.5 Å². The van der Waals surface area contributed by atoms with Gasteiger partial charge in [0.1, 0.15) is 0 Å². The van der Waals surface area contributed by atoms with Gasteiger partial charge in [-0.2, -0.15) is 0 Å². The van der Waals surface area contributed by atoms with Gasteiger partial charge in [-0.05, 0) is 24.6 Å². The Balaban J connectivity index is 2.62. The lowest BCUT2D eigenvalue weighted by atomic mass is 10.3. The van der Waals surface area contributed by atoms with E-state index in [1.807, 2.05) is 13.0 Å². The van der Waals surface area contributed by atoms with Gasteiger partial charge in [0, 0.05) is 21.4 Å². The maximum atomic E-state index is 9.38. The molecule has 0 spiro atoms. The Hall–Kier alpha value is -0.380. The van der Waals surface area contributed by atoms with E-state index in [2.05, 4.69) is 0 Å². The molecule has 78 valence electrons. The molecule has 1 atom stereocenters. The van der Waals surface area contributed by atoms with E-state index >= 15 is 0 Å². The van der Waals surface area contributed by atoms with Gasteiger partial charge in [-0.1, -0.05) is 18.5 Å². The molecule has 0 bridgehead atoms. The second kappa shape index (κ2) is 5.49. The largest absolute Gasteiger partial charge is 0.398 e. The molecule has 0 fully saturated rings. The zero-order chi connectivity index (χ0) is 10.6. The first-order valence-corrected chi connectivity index (χ1v) is 5.85. The van der Waals surface area contributed by atoms with E-state index in [1.54, 1.807) is 12.1 Å². The average Bonchev–Trinajstić information content (AvgIpc) is 2.19. The maximum Gasteiger partial charge on any atom is 0.0631 e. The van der Waals surface area contributed by atoms with Crippen molar-refractivity contribution in [1.29, 1.82) is 0 Å². The van der Waals surface area contributed by atoms with Gasteiger partial charge in [-0.25, -0.2) is 0 Å². The molecule has 0 aliphatic rings. The molecule has 1 aromatic rings. The van der Waals surface area contributed by atoms with Crippen LogP contribution in [0.4, 0.5) is 5.69 Å². The van der Waals surface area contributed by atoms with Gasteiger partial charge >= 0.3 is 0 Å². The fraction of sp³-hybridized carbons (Fsp3) is 0.400. The molecule has 0 saturated heterocycles. The van der Waals surface area contributed by atoms with Crippen molar-refractivity contribution in [3.8, 4) is 0 Å². The van der Waals surface area contributed by atoms with Crippen molar-refractivity contribution in [3.63, 3.8) is 0 Å². The highest BCUT2D eigenvalue weighted by molar-refractivity contribution is 7.99. The predicted octanol–water partition coefficient (Wildman–Crippen LogP) is 2.79. The monoisotopic (exact) mass is 231 g/mol. The summed E-state index contributed by atoms with van der Waals surface area (Å²) in [7, 11) is 0. The normalized spacial score (nSPS) is 12.8. The van der Waals surface area contributed by atoms with Crippen molar-refractivity contribution < 1.29 is 5.11 Å². The molecular weight excluding hydrogens is 218 g/mol. The zero-order valence-corrected chi connectivity index (χ0v) is 9.61. The molecule has 0 heterocycles. The predicted molar refractivity (Wildman–Crippen MR) is 62.9 cm³/mol. The summed E-state index contributed by atoms with van der Waals surface area (Å²) in [6.07, 6.45) is 0.478. The standard InChI is InChI=1S/C10H14ClNOS/c1-2-8(13)6-14-10-5-7(11)3-4-9(10)12/h3-5,8,13H,2,6,12H2,1H3. The molecule has 1 rings (SSSR count). The number of aliphatic hydroxyl groups excluding tert-OH is 1. The lowest BCUT2D eigenvalue weighted by Crippen LogP contribution is -2.07. The highest BCUT2D eigenvalue weighted by Gasteiger charge is 2.05. The van der Waals surface area contributed by atoms with Crippen LogP contribution in [0.3, 0.4) is 0 Å². The summed E-state index contributed by atoms with van der Waals surface area (Å²) in [4.78, 5) is 0.935. The third-order valence-corrected chi connectivity index (χ3v) is 3.33. The van der Waals surface area contributed by atoms with Crippen molar-refractivity contribution in [2.45, 2.75) is 24.3 Å². The lowest BCUT2D eigenvalue weighted by Gasteiger charge is -2.09. The van der Waals surface area contributed by atoms with Crippen LogP contribution >= 0.6 is 23.4 Å². The van der Waals surface area contributed by atoms with Crippen molar-refractivity contribution in [2.24, 2.45) is 0 Å². The highest BCUT2D eigenvalue weighted by Crippen LogP contribution is 2.28. The van der Waals surface area contributed by atoms with Crippen molar-refractivity contribution in [1.82, 2.24) is 0 Å². The SMILES string of the molecule is CCC(O)CSc1cc(Cl)ccc1N. The molecular formula is C10H14ClNOS. The third kappa shape index (κ3) is 3.40. The number of benzene rings is 1. The lowest BCUT2D eigenvalue weighted by molar-refractivity contribution is 0.195. The van der Waals surface area contributed by atoms with Crippen LogP contribution in [-0.4, -0.2) is 17.0 Å². The molecule has 1 unspecified atom stereocenters. The average molecular weight is 232 g/mol. The van der Waals surface area contributed by atoms with Crippen LogP contribution < -0.4 is 5.73 Å². The Labute approximate surface area is 93.5 Å². The number of thioether (sulfide) groups is 1. The summed E-state index contributed by atoms with van der Waals surface area (Å²) < 4.78 is 0. The van der Waals surface area contributed by atoms with Crippen LogP contribution in [0.5, 0.6) is 0 Å². The summed E-state index contributed by atoms with van der Waals surface area (Å²) in [5.41, 5.74) is 6.47. The minimum atomic E-state index is -0.279. The summed E-state index contributed by atoms with van der Waals surface area (Å²) in [5, 5.41) is 10.1. The molecule has 0 aromatic heterocycles. The number of nitrogens with two attached hydrogens (primary N) is 1. The number of anilines is 1. The van der Waals surface area contributed by atoms with Crippen LogP contribution in [0.15, 0.2) is 23.1 Å². The van der Waals surface area contributed by atoms with Gasteiger partial charge in [0.05, 0.1) is 6.10 Å². The summed E-state index contributed by atoms with van der Waals surface area (Å²) in [6, 6.07) is 5.37. The molecule has 0 aliphatic heterocycles. The quantitative estimate of drug-likeness (QED) is 0.619. The van der Waals surface area contributed by atoms with Crippen LogP contribution in [0.2, 0.25) is 5.02 Å². The first-order chi connectivity index (χ1) is 6.63. The van der Waals surface area contributed by atoms with Gasteiger partial charge in [0.2, 0.25) is 0 Å². The first-order valence-electron chi connectivity index (χ1n) is 4.49. The first kappa shape index (κ1) is 11.7. The van der Waals surface area contributed by atoms with Crippen LogP contribution in [-0.2, 0) is 0 Å². The Morgan fingerprint density at radius 3 is 2.93 bits per heavy atom. The van der Waals surface area contributed by atoms with E-state index in [4.69, 9.17) is 17.3 Å². The molecule has 0 radical (unpaired) electrons. The van der Waals surface area contributed by atoms with Gasteiger partial charge in [0.15, 0.2) is 0 Å². The molecule has 1 aromatic carbocycles. The number of rotatable bonds is 4. The van der Waals surface area contributed by atoms with Gasteiger partial charge in [0.25, 0.3) is 0 Å². The van der Waals surface area contributed by atoms with Crippen LogP contribution in [0.1, 0.15) is 13.3 Å². The molecule has 0 amide bonds.